The molecule has 0 aromatic carbocycles. The summed E-state index contributed by atoms with van der Waals surface area (Å²) >= 11 is 18.6. The summed E-state index contributed by atoms with van der Waals surface area (Å²) in [7, 11) is -2.51. The molecule has 2 N–H and O–H groups in total. The second-order valence-electron chi connectivity index (χ2n) is 3.40. The van der Waals surface area contributed by atoms with Gasteiger partial charge in [0.1, 0.15) is 0 Å². The van der Waals surface area contributed by atoms with E-state index in [1.54, 1.807) is 0 Å². The maximum atomic E-state index is 6.36. The van der Waals surface area contributed by atoms with Crippen molar-refractivity contribution >= 4 is 53.9 Å². The zero-order valence-corrected chi connectivity index (χ0v) is 14.0. The fraction of sp³-hybridized carbons (Fsp3) is 1.00. The number of rotatable bonds is 2. The summed E-state index contributed by atoms with van der Waals surface area (Å²) < 4.78 is 18.6. The molecule has 0 aliphatic carbocycles. The summed E-state index contributed by atoms with van der Waals surface area (Å²) in [6.45, 7) is 1.33. The molecule has 1 fully saturated rings. The van der Waals surface area contributed by atoms with Crippen molar-refractivity contribution in [2.75, 3.05) is 19.7 Å². The number of halogens is 3. The molecule has 0 bridgehead atoms. The molecule has 12 heteroatoms. The van der Waals surface area contributed by atoms with Crippen molar-refractivity contribution in [2.24, 2.45) is 13.5 Å². The smallest absolute Gasteiger partial charge is 0.279 e. The Morgan fingerprint density at radius 2 is 2.06 bits per heavy atom. The first-order valence-electron chi connectivity index (χ1n) is 5.04. The van der Waals surface area contributed by atoms with E-state index in [9.17, 15) is 0 Å². The molecule has 17 heavy (non-hydrogen) atoms. The van der Waals surface area contributed by atoms with E-state index in [1.807, 2.05) is 6.92 Å². The van der Waals surface area contributed by atoms with Gasteiger partial charge in [-0.1, -0.05) is 6.92 Å². The quantitative estimate of drug-likeness (QED) is 0.669. The molecule has 1 saturated heterocycles. The van der Waals surface area contributed by atoms with E-state index in [0.717, 1.165) is 13.0 Å². The van der Waals surface area contributed by atoms with Gasteiger partial charge in [-0.3, -0.25) is 5.09 Å². The normalized spacial score (nSPS) is 40.2. The van der Waals surface area contributed by atoms with Crippen LogP contribution in [0.2, 0.25) is 0 Å². The molecule has 0 amide bonds. The number of nitrogens with zero attached hydrogens (tertiary/aromatic N) is 3. The highest BCUT2D eigenvalue weighted by Gasteiger charge is 2.36. The molecule has 1 spiro atoms. The molecule has 100 valence electrons. The lowest BCUT2D eigenvalue weighted by atomic mass is 10.5. The third-order valence-electron chi connectivity index (χ3n) is 1.96. The Kier molecular flexibility index (Phi) is 4.75. The van der Waals surface area contributed by atoms with Crippen LogP contribution in [0.3, 0.4) is 0 Å². The highest BCUT2D eigenvalue weighted by atomic mass is 35.9. The Morgan fingerprint density at radius 1 is 1.29 bits per heavy atom. The minimum atomic E-state index is -2.80. The topological polar surface area (TPSA) is 70.4 Å². The molecule has 2 aliphatic heterocycles. The Labute approximate surface area is 115 Å². The molecular weight excluding hydrogens is 345 g/mol. The second-order valence-corrected chi connectivity index (χ2v) is 14.2. The molecule has 2 atom stereocenters. The van der Waals surface area contributed by atoms with Gasteiger partial charge in [0.2, 0.25) is 6.71 Å². The predicted octanol–water partition coefficient (Wildman–Crippen LogP) is 5.17. The fourth-order valence-corrected chi connectivity index (χ4v) is 15.3. The van der Waals surface area contributed by atoms with E-state index < -0.39 is 20.2 Å². The van der Waals surface area contributed by atoms with E-state index in [2.05, 4.69) is 23.7 Å². The van der Waals surface area contributed by atoms with Crippen LogP contribution in [0.15, 0.2) is 13.5 Å². The summed E-state index contributed by atoms with van der Waals surface area (Å²) in [6.07, 6.45) is 0.912. The third-order valence-corrected chi connectivity index (χ3v) is 13.4. The summed E-state index contributed by atoms with van der Waals surface area (Å²) in [4.78, 5) is 0. The highest BCUT2D eigenvalue weighted by molar-refractivity contribution is 8.15. The van der Waals surface area contributed by atoms with E-state index in [0.29, 0.717) is 13.2 Å². The minimum absolute atomic E-state index is 0.588. The van der Waals surface area contributed by atoms with Crippen LogP contribution in [-0.2, 0) is 4.52 Å². The van der Waals surface area contributed by atoms with Crippen molar-refractivity contribution in [3.63, 3.8) is 0 Å². The van der Waals surface area contributed by atoms with Crippen LogP contribution in [0.25, 0.3) is 0 Å². The number of hydrogen-bond acceptors (Lipinski definition) is 6. The van der Waals surface area contributed by atoms with Crippen molar-refractivity contribution in [3.05, 3.63) is 0 Å². The first kappa shape index (κ1) is 14.8. The van der Waals surface area contributed by atoms with Gasteiger partial charge in [-0.05, 0) is 40.1 Å². The fourth-order valence-electron chi connectivity index (χ4n) is 1.42. The van der Waals surface area contributed by atoms with Gasteiger partial charge >= 0.3 is 0 Å². The van der Waals surface area contributed by atoms with E-state index >= 15 is 0 Å². The predicted molar refractivity (Wildman–Crippen MR) is 77.9 cm³/mol. The van der Waals surface area contributed by atoms with Crippen molar-refractivity contribution in [1.29, 1.82) is 0 Å². The molecule has 2 aliphatic rings. The number of nitrogens with one attached hydrogen (secondary N) is 2. The average Bonchev–Trinajstić information content (AvgIpc) is 2.14. The van der Waals surface area contributed by atoms with E-state index in [1.165, 1.54) is 0 Å². The monoisotopic (exact) mass is 357 g/mol. The van der Waals surface area contributed by atoms with Gasteiger partial charge in [-0.25, -0.2) is 5.09 Å². The zero-order valence-electron chi connectivity index (χ0n) is 9.05. The highest BCUT2D eigenvalue weighted by Crippen LogP contribution is 2.81. The molecule has 2 rings (SSSR count). The molecule has 6 nitrogen and oxygen atoms in total. The molecule has 0 unspecified atom stereocenters. The van der Waals surface area contributed by atoms with Crippen LogP contribution in [0.1, 0.15) is 13.3 Å². The van der Waals surface area contributed by atoms with Gasteiger partial charge in [0.15, 0.2) is 0 Å². The first-order chi connectivity index (χ1) is 7.89. The molecule has 0 saturated carbocycles. The molecule has 0 aromatic rings. The van der Waals surface area contributed by atoms with Gasteiger partial charge in [-0.2, -0.15) is 13.5 Å². The Hall–Kier alpha value is 1.44. The lowest BCUT2D eigenvalue weighted by Crippen LogP contribution is -2.21. The average molecular weight is 358 g/mol. The van der Waals surface area contributed by atoms with Crippen molar-refractivity contribution in [1.82, 2.24) is 10.2 Å². The van der Waals surface area contributed by atoms with Gasteiger partial charge < -0.3 is 4.52 Å². The van der Waals surface area contributed by atoms with Crippen molar-refractivity contribution in [2.45, 2.75) is 13.3 Å². The molecule has 0 radical (unpaired) electrons. The maximum absolute atomic E-state index is 6.36. The summed E-state index contributed by atoms with van der Waals surface area (Å²) in [5, 5.41) is 6.20. The largest absolute Gasteiger partial charge is 0.316 e. The van der Waals surface area contributed by atoms with Gasteiger partial charge in [0.25, 0.3) is 13.5 Å². The van der Waals surface area contributed by atoms with Crippen molar-refractivity contribution < 1.29 is 4.52 Å². The number of hydrogen-bond donors (Lipinski definition) is 2. The van der Waals surface area contributed by atoms with Crippen LogP contribution in [0.5, 0.6) is 0 Å². The second kappa shape index (κ2) is 5.44. The maximum Gasteiger partial charge on any atom is 0.279 e. The minimum Gasteiger partial charge on any atom is -0.316 e. The molecule has 0 aromatic heterocycles. The first-order valence-corrected chi connectivity index (χ1v) is 12.8. The SMILES string of the molecule is CCN[P@]1(Cl)=NP(Cl)(Cl)=N[P@@]2(=N1)NCCCO2. The standard InChI is InChI=1S/C5H13Cl3N5OP3/c1-2-9-16(8)11-15(6,7)12-17(13-16)10-4-3-5-14-17/h9-10H,2-5H2,1H3/t16-,17-/m1/s1. The van der Waals surface area contributed by atoms with Crippen molar-refractivity contribution in [3.8, 4) is 0 Å². The summed E-state index contributed by atoms with van der Waals surface area (Å²) in [5.74, 6) is -2.80. The van der Waals surface area contributed by atoms with Crippen LogP contribution >= 0.6 is 53.9 Å². The molecular formula is C5H13Cl3N5OP3. The van der Waals surface area contributed by atoms with Crippen LogP contribution in [0.4, 0.5) is 0 Å². The Balaban J connectivity index is 2.51. The van der Waals surface area contributed by atoms with Crippen LogP contribution in [0, 0.1) is 0 Å². The van der Waals surface area contributed by atoms with E-state index in [-0.39, 0.29) is 0 Å². The van der Waals surface area contributed by atoms with Crippen LogP contribution < -0.4 is 10.2 Å². The van der Waals surface area contributed by atoms with E-state index in [4.69, 9.17) is 38.2 Å². The summed E-state index contributed by atoms with van der Waals surface area (Å²) in [6, 6.07) is 0. The summed E-state index contributed by atoms with van der Waals surface area (Å²) in [5.41, 5.74) is 0. The third kappa shape index (κ3) is 3.72. The van der Waals surface area contributed by atoms with Gasteiger partial charge in [0, 0.05) is 13.1 Å². The lowest BCUT2D eigenvalue weighted by Gasteiger charge is -2.31. The molecule has 2 heterocycles. The Bertz CT molecular complexity index is 463. The van der Waals surface area contributed by atoms with Gasteiger partial charge in [-0.15, -0.1) is 0 Å². The lowest BCUT2D eigenvalue weighted by molar-refractivity contribution is 0.310. The Morgan fingerprint density at radius 3 is 2.65 bits per heavy atom. The zero-order chi connectivity index (χ0) is 12.6. The van der Waals surface area contributed by atoms with Crippen LogP contribution in [-0.4, -0.2) is 19.7 Å². The van der Waals surface area contributed by atoms with Gasteiger partial charge in [0.05, 0.1) is 6.61 Å².